The summed E-state index contributed by atoms with van der Waals surface area (Å²) in [7, 11) is 0. The molecule has 0 radical (unpaired) electrons. The number of thiazole rings is 1. The Bertz CT molecular complexity index is 1350. The number of aromatic amines is 1. The van der Waals surface area contributed by atoms with E-state index in [0.29, 0.717) is 6.54 Å². The average Bonchev–Trinajstić information content (AvgIpc) is 3.46. The van der Waals surface area contributed by atoms with Gasteiger partial charge in [-0.15, -0.1) is 11.3 Å². The lowest BCUT2D eigenvalue weighted by Gasteiger charge is -2.07. The number of nitrogens with zero attached hydrogens (tertiary/aromatic N) is 3. The number of nitrogens with one attached hydrogen (secondary N) is 1. The van der Waals surface area contributed by atoms with Crippen LogP contribution in [0.4, 0.5) is 0 Å². The highest BCUT2D eigenvalue weighted by atomic mass is 32.1. The summed E-state index contributed by atoms with van der Waals surface area (Å²) in [6.45, 7) is 0.619. The maximum absolute atomic E-state index is 4.86. The molecule has 30 heavy (non-hydrogen) atoms. The van der Waals surface area contributed by atoms with Gasteiger partial charge in [-0.1, -0.05) is 72.8 Å². The molecule has 0 saturated carbocycles. The molecule has 1 N–H and O–H groups in total. The molecule has 0 spiro atoms. The second kappa shape index (κ2) is 8.35. The molecule has 0 unspecified atom stereocenters. The molecule has 5 rings (SSSR count). The first kappa shape index (κ1) is 18.3. The highest BCUT2D eigenvalue weighted by Crippen LogP contribution is 2.29. The van der Waals surface area contributed by atoms with Crippen molar-refractivity contribution in [2.45, 2.75) is 6.54 Å². The highest BCUT2D eigenvalue weighted by Gasteiger charge is 2.10. The molecule has 0 aliphatic rings. The number of hydrogen-bond acceptors (Lipinski definition) is 3. The predicted octanol–water partition coefficient (Wildman–Crippen LogP) is 5.68. The zero-order valence-corrected chi connectivity index (χ0v) is 17.1. The normalized spacial score (nSPS) is 12.2. The third-order valence-corrected chi connectivity index (χ3v) is 5.78. The third-order valence-electron chi connectivity index (χ3n) is 4.92. The van der Waals surface area contributed by atoms with Gasteiger partial charge in [0, 0.05) is 17.1 Å². The Morgan fingerprint density at radius 3 is 2.57 bits per heavy atom. The topological polar surface area (TPSA) is 45.4 Å². The molecule has 5 heteroatoms. The first-order chi connectivity index (χ1) is 14.9. The standard InChI is InChI=1S/C25H20N4S/c1-2-8-19(9-3-1)16-27-25-29(28-17-21-12-7-15-26-21)24(18-30-25)23-14-6-11-20-10-4-5-13-22(20)23/h1-15,17-18,26H,16H2. The van der Waals surface area contributed by atoms with Crippen LogP contribution in [0.2, 0.25) is 0 Å². The minimum atomic E-state index is 0.619. The predicted molar refractivity (Wildman–Crippen MR) is 125 cm³/mol. The fourth-order valence-electron chi connectivity index (χ4n) is 3.44. The minimum Gasteiger partial charge on any atom is -0.360 e. The summed E-state index contributed by atoms with van der Waals surface area (Å²) >= 11 is 1.61. The maximum atomic E-state index is 4.86. The van der Waals surface area contributed by atoms with Gasteiger partial charge in [-0.3, -0.25) is 4.99 Å². The van der Waals surface area contributed by atoms with E-state index in [9.17, 15) is 0 Å². The largest absolute Gasteiger partial charge is 0.360 e. The van der Waals surface area contributed by atoms with Crippen LogP contribution in [-0.4, -0.2) is 15.9 Å². The van der Waals surface area contributed by atoms with E-state index in [1.807, 2.05) is 47.4 Å². The van der Waals surface area contributed by atoms with E-state index in [1.54, 1.807) is 11.3 Å². The Hall–Kier alpha value is -3.70. The lowest BCUT2D eigenvalue weighted by Crippen LogP contribution is -2.12. The van der Waals surface area contributed by atoms with Crippen molar-refractivity contribution in [3.63, 3.8) is 0 Å². The van der Waals surface area contributed by atoms with Gasteiger partial charge in [0.25, 0.3) is 0 Å². The number of hydrogen-bond donors (Lipinski definition) is 1. The molecule has 0 saturated heterocycles. The Kier molecular flexibility index (Phi) is 5.10. The van der Waals surface area contributed by atoms with Gasteiger partial charge in [0.05, 0.1) is 24.1 Å². The van der Waals surface area contributed by atoms with Crippen molar-refractivity contribution in [3.8, 4) is 11.3 Å². The first-order valence-electron chi connectivity index (χ1n) is 9.79. The van der Waals surface area contributed by atoms with E-state index in [1.165, 1.54) is 16.3 Å². The SMILES string of the molecule is C(=Nn1c(-c2cccc3ccccc23)csc1=NCc1ccccc1)c1ccc[nH]1. The van der Waals surface area contributed by atoms with Crippen molar-refractivity contribution < 1.29 is 0 Å². The molecule has 0 amide bonds. The molecule has 146 valence electrons. The lowest BCUT2D eigenvalue weighted by atomic mass is 10.0. The zero-order chi connectivity index (χ0) is 20.2. The quantitative estimate of drug-likeness (QED) is 0.364. The van der Waals surface area contributed by atoms with Crippen molar-refractivity contribution in [1.82, 2.24) is 9.66 Å². The molecule has 2 heterocycles. The fraction of sp³-hybridized carbons (Fsp3) is 0.0400. The molecule has 4 nitrogen and oxygen atoms in total. The molecule has 5 aromatic rings. The summed E-state index contributed by atoms with van der Waals surface area (Å²) in [5.74, 6) is 0. The van der Waals surface area contributed by atoms with Gasteiger partial charge in [-0.25, -0.2) is 4.68 Å². The van der Waals surface area contributed by atoms with E-state index in [0.717, 1.165) is 21.8 Å². The van der Waals surface area contributed by atoms with Crippen molar-refractivity contribution >= 4 is 28.3 Å². The number of fused-ring (bicyclic) bond motifs is 1. The van der Waals surface area contributed by atoms with Crippen LogP contribution in [-0.2, 0) is 6.54 Å². The third kappa shape index (κ3) is 3.75. The molecule has 0 aliphatic heterocycles. The van der Waals surface area contributed by atoms with Crippen molar-refractivity contribution in [1.29, 1.82) is 0 Å². The van der Waals surface area contributed by atoms with Gasteiger partial charge in [0.1, 0.15) is 0 Å². The van der Waals surface area contributed by atoms with E-state index >= 15 is 0 Å². The van der Waals surface area contributed by atoms with Crippen molar-refractivity contribution in [3.05, 3.63) is 113 Å². The summed E-state index contributed by atoms with van der Waals surface area (Å²) in [4.78, 5) is 8.90. The summed E-state index contributed by atoms with van der Waals surface area (Å²) < 4.78 is 1.94. The lowest BCUT2D eigenvalue weighted by molar-refractivity contribution is 0.824. The number of H-pyrrole nitrogens is 1. The van der Waals surface area contributed by atoms with E-state index in [4.69, 9.17) is 10.1 Å². The summed E-state index contributed by atoms with van der Waals surface area (Å²) in [5.41, 5.74) is 4.31. The van der Waals surface area contributed by atoms with Gasteiger partial charge >= 0.3 is 0 Å². The second-order valence-corrected chi connectivity index (χ2v) is 7.75. The molecular weight excluding hydrogens is 388 g/mol. The highest BCUT2D eigenvalue weighted by molar-refractivity contribution is 7.07. The van der Waals surface area contributed by atoms with Crippen LogP contribution in [0, 0.1) is 0 Å². The van der Waals surface area contributed by atoms with Crippen LogP contribution in [0.25, 0.3) is 22.0 Å². The molecule has 0 fully saturated rings. The van der Waals surface area contributed by atoms with Gasteiger partial charge in [0.15, 0.2) is 0 Å². The molecule has 2 aromatic heterocycles. The summed E-state index contributed by atoms with van der Waals surface area (Å²) in [5, 5.41) is 9.33. The Morgan fingerprint density at radius 1 is 0.867 bits per heavy atom. The fourth-order valence-corrected chi connectivity index (χ4v) is 4.27. The van der Waals surface area contributed by atoms with Crippen LogP contribution < -0.4 is 4.80 Å². The van der Waals surface area contributed by atoms with Crippen molar-refractivity contribution in [2.24, 2.45) is 10.1 Å². The number of rotatable bonds is 5. The minimum absolute atomic E-state index is 0.619. The van der Waals surface area contributed by atoms with E-state index in [-0.39, 0.29) is 0 Å². The molecule has 0 atom stereocenters. The monoisotopic (exact) mass is 408 g/mol. The Labute approximate surface area is 178 Å². The second-order valence-electron chi connectivity index (χ2n) is 6.91. The summed E-state index contributed by atoms with van der Waals surface area (Å²) in [6, 6.07) is 29.1. The van der Waals surface area contributed by atoms with E-state index < -0.39 is 0 Å². The number of aromatic nitrogens is 2. The number of benzene rings is 3. The molecule has 0 bridgehead atoms. The van der Waals surface area contributed by atoms with Gasteiger partial charge in [-0.2, -0.15) is 5.10 Å². The maximum Gasteiger partial charge on any atom is 0.206 e. The Morgan fingerprint density at radius 2 is 1.70 bits per heavy atom. The van der Waals surface area contributed by atoms with Crippen molar-refractivity contribution in [2.75, 3.05) is 0 Å². The molecule has 0 aliphatic carbocycles. The van der Waals surface area contributed by atoms with Gasteiger partial charge in [0.2, 0.25) is 4.80 Å². The zero-order valence-electron chi connectivity index (χ0n) is 16.3. The summed E-state index contributed by atoms with van der Waals surface area (Å²) in [6.07, 6.45) is 3.73. The van der Waals surface area contributed by atoms with Crippen LogP contribution >= 0.6 is 11.3 Å². The average molecular weight is 409 g/mol. The van der Waals surface area contributed by atoms with E-state index in [2.05, 4.69) is 65.0 Å². The van der Waals surface area contributed by atoms with Crippen LogP contribution in [0.1, 0.15) is 11.3 Å². The Balaban J connectivity index is 1.64. The van der Waals surface area contributed by atoms with Gasteiger partial charge in [-0.05, 0) is 28.5 Å². The van der Waals surface area contributed by atoms with Crippen LogP contribution in [0.3, 0.4) is 0 Å². The van der Waals surface area contributed by atoms with Gasteiger partial charge < -0.3 is 4.98 Å². The molecular formula is C25H20N4S. The van der Waals surface area contributed by atoms with Crippen LogP contribution in [0.15, 0.2) is 107 Å². The van der Waals surface area contributed by atoms with Crippen LogP contribution in [0.5, 0.6) is 0 Å². The molecule has 3 aromatic carbocycles. The smallest absolute Gasteiger partial charge is 0.206 e. The first-order valence-corrected chi connectivity index (χ1v) is 10.7.